The van der Waals surface area contributed by atoms with Gasteiger partial charge in [0.15, 0.2) is 0 Å². The topological polar surface area (TPSA) is 107 Å². The van der Waals surface area contributed by atoms with Crippen molar-refractivity contribution in [2.75, 3.05) is 6.54 Å². The molecule has 214 valence electrons. The molecule has 0 saturated carbocycles. The van der Waals surface area contributed by atoms with Crippen LogP contribution in [0.25, 0.3) is 21.7 Å². The lowest BCUT2D eigenvalue weighted by Gasteiger charge is -2.30. The molecule has 2 aromatic heterocycles. The molecule has 3 heterocycles. The van der Waals surface area contributed by atoms with Gasteiger partial charge in [-0.05, 0) is 71.8 Å². The van der Waals surface area contributed by atoms with Crippen molar-refractivity contribution in [1.29, 1.82) is 0 Å². The van der Waals surface area contributed by atoms with Crippen LogP contribution in [0.3, 0.4) is 0 Å². The number of carbonyl (C=O) groups excluding carboxylic acids is 3. The van der Waals surface area contributed by atoms with E-state index in [9.17, 15) is 18.8 Å². The standard InChI is InChI=1S/C31H27ClFN5O3S/c1-2-25(36-29(39)17-6-7-26-19(10-17)15-35-37-26)31(41)38-9-8-27-20(16-38)12-28(42-27)30(40)34-14-18-11-21(32)13-23-22(18)4-3-5-24(23)33/h3-7,10-13,15,25H,2,8-9,14,16H2,1H3,(H,34,40)(H,35,37)(H,36,39)/t25-/m1/s1. The molecule has 1 aliphatic rings. The van der Waals surface area contributed by atoms with Crippen LogP contribution in [0.5, 0.6) is 0 Å². The van der Waals surface area contributed by atoms with Crippen molar-refractivity contribution in [2.45, 2.75) is 38.9 Å². The summed E-state index contributed by atoms with van der Waals surface area (Å²) in [5.74, 6) is -1.09. The Bertz CT molecular complexity index is 1850. The minimum atomic E-state index is -0.669. The lowest BCUT2D eigenvalue weighted by Crippen LogP contribution is -2.49. The minimum Gasteiger partial charge on any atom is -0.347 e. The number of H-pyrrole nitrogens is 1. The van der Waals surface area contributed by atoms with E-state index >= 15 is 0 Å². The zero-order valence-corrected chi connectivity index (χ0v) is 24.2. The Morgan fingerprint density at radius 1 is 1.12 bits per heavy atom. The van der Waals surface area contributed by atoms with E-state index in [1.54, 1.807) is 53.6 Å². The summed E-state index contributed by atoms with van der Waals surface area (Å²) in [7, 11) is 0. The van der Waals surface area contributed by atoms with Crippen molar-refractivity contribution < 1.29 is 18.8 Å². The number of benzene rings is 3. The number of nitrogens with one attached hydrogen (secondary N) is 3. The highest BCUT2D eigenvalue weighted by Crippen LogP contribution is 2.30. The Hall–Kier alpha value is -4.28. The Labute approximate surface area is 249 Å². The first-order valence-corrected chi connectivity index (χ1v) is 14.8. The van der Waals surface area contributed by atoms with Gasteiger partial charge < -0.3 is 15.5 Å². The van der Waals surface area contributed by atoms with Crippen LogP contribution in [0.15, 0.2) is 60.8 Å². The van der Waals surface area contributed by atoms with Crippen molar-refractivity contribution in [3.8, 4) is 0 Å². The van der Waals surface area contributed by atoms with E-state index in [-0.39, 0.29) is 30.1 Å². The quantitative estimate of drug-likeness (QED) is 0.225. The van der Waals surface area contributed by atoms with Crippen LogP contribution in [0.4, 0.5) is 4.39 Å². The molecule has 3 aromatic carbocycles. The van der Waals surface area contributed by atoms with Gasteiger partial charge in [0.1, 0.15) is 11.9 Å². The SMILES string of the molecule is CC[C@@H](NC(=O)c1ccc2[nH]ncc2c1)C(=O)N1CCc2sc(C(=O)NCc3cc(Cl)cc4c(F)cccc34)cc2C1. The number of hydrogen-bond donors (Lipinski definition) is 3. The summed E-state index contributed by atoms with van der Waals surface area (Å²) in [6.45, 7) is 2.92. The zero-order valence-electron chi connectivity index (χ0n) is 22.7. The summed E-state index contributed by atoms with van der Waals surface area (Å²) in [5.41, 5.74) is 2.93. The molecule has 1 aliphatic heterocycles. The number of aromatic amines is 1. The fourth-order valence-corrected chi connectivity index (χ4v) is 6.63. The van der Waals surface area contributed by atoms with Crippen LogP contribution in [-0.4, -0.2) is 45.4 Å². The molecule has 1 atom stereocenters. The van der Waals surface area contributed by atoms with Gasteiger partial charge in [0.2, 0.25) is 5.91 Å². The molecule has 0 saturated heterocycles. The minimum absolute atomic E-state index is 0.154. The van der Waals surface area contributed by atoms with Crippen LogP contribution in [0, 0.1) is 5.82 Å². The van der Waals surface area contributed by atoms with E-state index in [2.05, 4.69) is 20.8 Å². The zero-order chi connectivity index (χ0) is 29.4. The molecule has 11 heteroatoms. The third kappa shape index (κ3) is 5.47. The number of thiophene rings is 1. The summed E-state index contributed by atoms with van der Waals surface area (Å²) < 4.78 is 14.3. The summed E-state index contributed by atoms with van der Waals surface area (Å²) in [6, 6.07) is 14.5. The molecule has 42 heavy (non-hydrogen) atoms. The number of amides is 3. The van der Waals surface area contributed by atoms with E-state index in [4.69, 9.17) is 11.6 Å². The predicted octanol–water partition coefficient (Wildman–Crippen LogP) is 5.59. The number of nitrogens with zero attached hydrogens (tertiary/aromatic N) is 2. The molecule has 5 aromatic rings. The van der Waals surface area contributed by atoms with Crippen LogP contribution in [0.1, 0.15) is 49.4 Å². The molecule has 0 fully saturated rings. The molecule has 0 spiro atoms. The highest BCUT2D eigenvalue weighted by Gasteiger charge is 2.29. The third-order valence-electron chi connectivity index (χ3n) is 7.55. The molecule has 0 radical (unpaired) electrons. The maximum absolute atomic E-state index is 14.3. The van der Waals surface area contributed by atoms with Gasteiger partial charge in [0.25, 0.3) is 11.8 Å². The van der Waals surface area contributed by atoms with Crippen LogP contribution < -0.4 is 10.6 Å². The van der Waals surface area contributed by atoms with Gasteiger partial charge >= 0.3 is 0 Å². The van der Waals surface area contributed by atoms with Gasteiger partial charge in [-0.15, -0.1) is 11.3 Å². The number of hydrogen-bond acceptors (Lipinski definition) is 5. The van der Waals surface area contributed by atoms with E-state index in [1.165, 1.54) is 17.4 Å². The Morgan fingerprint density at radius 2 is 1.98 bits per heavy atom. The van der Waals surface area contributed by atoms with Crippen molar-refractivity contribution in [3.05, 3.63) is 98.1 Å². The molecule has 8 nitrogen and oxygen atoms in total. The van der Waals surface area contributed by atoms with Gasteiger partial charge in [-0.25, -0.2) is 4.39 Å². The molecule has 0 aliphatic carbocycles. The van der Waals surface area contributed by atoms with Crippen LogP contribution in [-0.2, 0) is 24.3 Å². The van der Waals surface area contributed by atoms with Crippen molar-refractivity contribution >= 4 is 62.3 Å². The van der Waals surface area contributed by atoms with Gasteiger partial charge in [-0.1, -0.05) is 30.7 Å². The van der Waals surface area contributed by atoms with E-state index in [0.717, 1.165) is 26.9 Å². The highest BCUT2D eigenvalue weighted by atomic mass is 35.5. The van der Waals surface area contributed by atoms with Crippen molar-refractivity contribution in [1.82, 2.24) is 25.7 Å². The lowest BCUT2D eigenvalue weighted by molar-refractivity contribution is -0.134. The van der Waals surface area contributed by atoms with Gasteiger partial charge in [-0.3, -0.25) is 19.5 Å². The van der Waals surface area contributed by atoms with E-state index < -0.39 is 6.04 Å². The number of fused-ring (bicyclic) bond motifs is 3. The maximum atomic E-state index is 14.3. The molecule has 3 amide bonds. The fourth-order valence-electron chi connectivity index (χ4n) is 5.31. The molecule has 0 unspecified atom stereocenters. The Balaban J connectivity index is 1.10. The smallest absolute Gasteiger partial charge is 0.261 e. The summed E-state index contributed by atoms with van der Waals surface area (Å²) in [4.78, 5) is 42.8. The predicted molar refractivity (Wildman–Crippen MR) is 161 cm³/mol. The molecule has 6 rings (SSSR count). The summed E-state index contributed by atoms with van der Waals surface area (Å²) in [5, 5.41) is 15.0. The number of aromatic nitrogens is 2. The fraction of sp³-hybridized carbons (Fsp3) is 0.226. The number of carbonyl (C=O) groups is 3. The van der Waals surface area contributed by atoms with Gasteiger partial charge in [-0.2, -0.15) is 5.10 Å². The third-order valence-corrected chi connectivity index (χ3v) is 9.00. The van der Waals surface area contributed by atoms with Crippen molar-refractivity contribution in [3.63, 3.8) is 0 Å². The monoisotopic (exact) mass is 603 g/mol. The first kappa shape index (κ1) is 27.9. The van der Waals surface area contributed by atoms with Gasteiger partial charge in [0, 0.05) is 45.9 Å². The largest absolute Gasteiger partial charge is 0.347 e. The lowest BCUT2D eigenvalue weighted by atomic mass is 10.0. The van der Waals surface area contributed by atoms with Crippen LogP contribution in [0.2, 0.25) is 5.02 Å². The Morgan fingerprint density at radius 3 is 2.81 bits per heavy atom. The second-order valence-electron chi connectivity index (χ2n) is 10.3. The average molecular weight is 604 g/mol. The average Bonchev–Trinajstić information content (AvgIpc) is 3.65. The second kappa shape index (κ2) is 11.5. The first-order chi connectivity index (χ1) is 20.3. The second-order valence-corrected chi connectivity index (χ2v) is 11.8. The molecular formula is C31H27ClFN5O3S. The Kier molecular flexibility index (Phi) is 7.66. The molecule has 3 N–H and O–H groups in total. The normalized spacial score (nSPS) is 13.6. The highest BCUT2D eigenvalue weighted by molar-refractivity contribution is 7.14. The van der Waals surface area contributed by atoms with E-state index in [0.29, 0.717) is 52.2 Å². The molecular weight excluding hydrogens is 577 g/mol. The number of rotatable bonds is 7. The summed E-state index contributed by atoms with van der Waals surface area (Å²) >= 11 is 7.62. The first-order valence-electron chi connectivity index (χ1n) is 13.6. The number of halogens is 2. The van der Waals surface area contributed by atoms with Crippen LogP contribution >= 0.6 is 22.9 Å². The summed E-state index contributed by atoms with van der Waals surface area (Å²) in [6.07, 6.45) is 2.72. The molecule has 0 bridgehead atoms. The van der Waals surface area contributed by atoms with E-state index in [1.807, 2.05) is 13.0 Å². The van der Waals surface area contributed by atoms with Gasteiger partial charge in [0.05, 0.1) is 16.6 Å². The maximum Gasteiger partial charge on any atom is 0.261 e. The van der Waals surface area contributed by atoms with Crippen molar-refractivity contribution in [2.24, 2.45) is 0 Å².